The van der Waals surface area contributed by atoms with Gasteiger partial charge in [-0.3, -0.25) is 0 Å². The fraction of sp³-hybridized carbons (Fsp3) is 0.217. The maximum atomic E-state index is 4.18. The first-order valence-corrected chi connectivity index (χ1v) is 9.35. The summed E-state index contributed by atoms with van der Waals surface area (Å²) >= 11 is 0. The van der Waals surface area contributed by atoms with Crippen LogP contribution in [-0.4, -0.2) is 9.55 Å². The Bertz CT molecular complexity index is 799. The van der Waals surface area contributed by atoms with Crippen molar-refractivity contribution in [2.75, 3.05) is 0 Å². The average molecular weight is 362 g/mol. The third kappa shape index (κ3) is 5.56. The Balaban J connectivity index is 0.000000190. The van der Waals surface area contributed by atoms with Crippen molar-refractivity contribution in [3.05, 3.63) is 102 Å². The molecule has 0 radical (unpaired) electrons. The maximum Gasteiger partial charge on any atom is 0.140 e. The van der Waals surface area contributed by atoms with Crippen molar-refractivity contribution in [3.63, 3.8) is 0 Å². The highest BCUT2D eigenvalue weighted by atomic mass is 31.0. The van der Waals surface area contributed by atoms with Crippen LogP contribution in [0.25, 0.3) is 6.08 Å². The van der Waals surface area contributed by atoms with Crippen molar-refractivity contribution >= 4 is 15.3 Å². The van der Waals surface area contributed by atoms with Crippen LogP contribution in [0, 0.1) is 0 Å². The zero-order chi connectivity index (χ0) is 19.0. The van der Waals surface area contributed by atoms with E-state index in [-0.39, 0.29) is 5.54 Å². The van der Waals surface area contributed by atoms with Gasteiger partial charge in [0.2, 0.25) is 0 Å². The topological polar surface area (TPSA) is 17.8 Å². The predicted molar refractivity (Wildman–Crippen MR) is 115 cm³/mol. The van der Waals surface area contributed by atoms with Crippen LogP contribution in [0.4, 0.5) is 0 Å². The summed E-state index contributed by atoms with van der Waals surface area (Å²) in [6.45, 7) is 9.93. The van der Waals surface area contributed by atoms with E-state index < -0.39 is 0 Å². The summed E-state index contributed by atoms with van der Waals surface area (Å²) < 4.78 is 2.09. The lowest BCUT2D eigenvalue weighted by Gasteiger charge is -2.21. The Kier molecular flexibility index (Phi) is 7.16. The molecule has 1 heterocycles. The molecule has 0 spiro atoms. The normalized spacial score (nSPS) is 10.7. The van der Waals surface area contributed by atoms with Gasteiger partial charge in [-0.1, -0.05) is 67.2 Å². The van der Waals surface area contributed by atoms with Crippen LogP contribution in [0.1, 0.15) is 43.4 Å². The SMILES string of the molecule is C=C=Cc1nccn1C(C)(C)C.PC(c1ccccc1)c1ccccc1. The zero-order valence-corrected chi connectivity index (χ0v) is 16.9. The molecule has 0 saturated carbocycles. The van der Waals surface area contributed by atoms with Crippen LogP contribution < -0.4 is 0 Å². The van der Waals surface area contributed by atoms with E-state index in [0.29, 0.717) is 5.66 Å². The number of imidazole rings is 1. The Morgan fingerprint density at radius 1 is 1.00 bits per heavy atom. The van der Waals surface area contributed by atoms with Gasteiger partial charge in [0.15, 0.2) is 0 Å². The summed E-state index contributed by atoms with van der Waals surface area (Å²) in [5.41, 5.74) is 5.87. The molecule has 0 aliphatic carbocycles. The summed E-state index contributed by atoms with van der Waals surface area (Å²) in [5, 5.41) is 0. The third-order valence-corrected chi connectivity index (χ3v) is 4.71. The van der Waals surface area contributed by atoms with Gasteiger partial charge in [-0.05, 0) is 31.9 Å². The van der Waals surface area contributed by atoms with Crippen LogP contribution in [0.15, 0.2) is 85.4 Å². The Morgan fingerprint density at radius 3 is 1.92 bits per heavy atom. The molecule has 0 aliphatic heterocycles. The fourth-order valence-corrected chi connectivity index (χ4v) is 3.04. The van der Waals surface area contributed by atoms with E-state index in [1.807, 2.05) is 18.3 Å². The molecule has 26 heavy (non-hydrogen) atoms. The second-order valence-corrected chi connectivity index (χ2v) is 7.64. The van der Waals surface area contributed by atoms with E-state index in [1.54, 1.807) is 12.3 Å². The summed E-state index contributed by atoms with van der Waals surface area (Å²) in [4.78, 5) is 4.18. The van der Waals surface area contributed by atoms with E-state index in [9.17, 15) is 0 Å². The van der Waals surface area contributed by atoms with Crippen LogP contribution in [0.3, 0.4) is 0 Å². The van der Waals surface area contributed by atoms with Crippen LogP contribution in [-0.2, 0) is 5.54 Å². The lowest BCUT2D eigenvalue weighted by molar-refractivity contribution is 0.394. The van der Waals surface area contributed by atoms with Gasteiger partial charge >= 0.3 is 0 Å². The molecule has 1 atom stereocenters. The molecule has 134 valence electrons. The molecular weight excluding hydrogens is 335 g/mol. The smallest absolute Gasteiger partial charge is 0.140 e. The molecule has 0 amide bonds. The predicted octanol–water partition coefficient (Wildman–Crippen LogP) is 6.09. The van der Waals surface area contributed by atoms with Gasteiger partial charge in [0.05, 0.1) is 0 Å². The summed E-state index contributed by atoms with van der Waals surface area (Å²) in [7, 11) is 2.89. The Labute approximate surface area is 159 Å². The maximum absolute atomic E-state index is 4.18. The van der Waals surface area contributed by atoms with Gasteiger partial charge in [0.1, 0.15) is 5.82 Å². The minimum absolute atomic E-state index is 0.0686. The second-order valence-electron chi connectivity index (χ2n) is 6.97. The van der Waals surface area contributed by atoms with Crippen molar-refractivity contribution in [1.29, 1.82) is 0 Å². The third-order valence-electron chi connectivity index (χ3n) is 3.94. The van der Waals surface area contributed by atoms with Gasteiger partial charge in [0.25, 0.3) is 0 Å². The molecule has 0 saturated heterocycles. The standard InChI is InChI=1S/C13H13P.C10H14N2/c14-13(11-7-3-1-4-8-11)12-9-5-2-6-10-12;1-5-6-9-11-7-8-12(9)10(2,3)4/h1-10,13H,14H2;6-8H,1H2,2-4H3. The minimum atomic E-state index is 0.0686. The van der Waals surface area contributed by atoms with Gasteiger partial charge in [-0.25, -0.2) is 4.98 Å². The van der Waals surface area contributed by atoms with E-state index in [2.05, 4.69) is 100 Å². The van der Waals surface area contributed by atoms with E-state index in [1.165, 1.54) is 11.1 Å². The first-order valence-electron chi connectivity index (χ1n) is 8.68. The number of hydrogen-bond acceptors (Lipinski definition) is 1. The van der Waals surface area contributed by atoms with E-state index in [0.717, 1.165) is 5.82 Å². The molecule has 0 N–H and O–H groups in total. The van der Waals surface area contributed by atoms with Crippen molar-refractivity contribution < 1.29 is 0 Å². The van der Waals surface area contributed by atoms with Crippen LogP contribution >= 0.6 is 9.24 Å². The molecule has 3 aromatic rings. The highest BCUT2D eigenvalue weighted by molar-refractivity contribution is 7.17. The quantitative estimate of drug-likeness (QED) is 0.407. The van der Waals surface area contributed by atoms with Crippen molar-refractivity contribution in [2.45, 2.75) is 32.0 Å². The highest BCUT2D eigenvalue weighted by Gasteiger charge is 2.14. The zero-order valence-electron chi connectivity index (χ0n) is 15.8. The van der Waals surface area contributed by atoms with Gasteiger partial charge < -0.3 is 4.57 Å². The Hall–Kier alpha value is -2.40. The lowest BCUT2D eigenvalue weighted by Crippen LogP contribution is -2.22. The van der Waals surface area contributed by atoms with E-state index in [4.69, 9.17) is 0 Å². The van der Waals surface area contributed by atoms with Gasteiger partial charge in [-0.2, -0.15) is 0 Å². The summed E-state index contributed by atoms with van der Waals surface area (Å²) in [5.74, 6) is 0.900. The fourth-order valence-electron chi connectivity index (χ4n) is 2.59. The number of rotatable bonds is 3. The molecule has 1 unspecified atom stereocenters. The molecule has 1 aromatic heterocycles. The summed E-state index contributed by atoms with van der Waals surface area (Å²) in [6, 6.07) is 21.0. The van der Waals surface area contributed by atoms with Crippen molar-refractivity contribution in [3.8, 4) is 0 Å². The van der Waals surface area contributed by atoms with E-state index >= 15 is 0 Å². The number of nitrogens with zero attached hydrogens (tertiary/aromatic N) is 2. The molecule has 3 rings (SSSR count). The number of hydrogen-bond donors (Lipinski definition) is 0. The monoisotopic (exact) mass is 362 g/mol. The van der Waals surface area contributed by atoms with Crippen molar-refractivity contribution in [2.24, 2.45) is 0 Å². The molecular formula is C23H27N2P. The molecule has 3 heteroatoms. The Morgan fingerprint density at radius 2 is 1.50 bits per heavy atom. The molecule has 2 aromatic carbocycles. The summed E-state index contributed by atoms with van der Waals surface area (Å²) in [6.07, 6.45) is 5.53. The lowest BCUT2D eigenvalue weighted by atomic mass is 10.0. The van der Waals surface area contributed by atoms with Crippen molar-refractivity contribution in [1.82, 2.24) is 9.55 Å². The molecule has 0 bridgehead atoms. The van der Waals surface area contributed by atoms with Crippen LogP contribution in [0.5, 0.6) is 0 Å². The minimum Gasteiger partial charge on any atom is -0.326 e. The largest absolute Gasteiger partial charge is 0.326 e. The highest BCUT2D eigenvalue weighted by Crippen LogP contribution is 2.30. The molecule has 0 fully saturated rings. The van der Waals surface area contributed by atoms with Gasteiger partial charge in [-0.15, -0.1) is 15.0 Å². The first-order chi connectivity index (χ1) is 12.4. The second kappa shape index (κ2) is 9.34. The molecule has 0 aliphatic rings. The number of benzene rings is 2. The average Bonchev–Trinajstić information content (AvgIpc) is 3.12. The van der Waals surface area contributed by atoms with Crippen LogP contribution in [0.2, 0.25) is 0 Å². The van der Waals surface area contributed by atoms with Gasteiger partial charge in [0, 0.05) is 29.7 Å². The first kappa shape index (κ1) is 19.9. The molecule has 2 nitrogen and oxygen atoms in total. The number of aromatic nitrogens is 2.